The summed E-state index contributed by atoms with van der Waals surface area (Å²) in [6, 6.07) is -0.110. The number of nitrogens with zero attached hydrogens (tertiary/aromatic N) is 6. The van der Waals surface area contributed by atoms with Crippen LogP contribution >= 0.6 is 0 Å². The first-order valence-corrected chi connectivity index (χ1v) is 8.46. The van der Waals surface area contributed by atoms with Crippen LogP contribution < -0.4 is 16.3 Å². The monoisotopic (exact) mass is 344 g/mol. The molecule has 0 fully saturated rings. The van der Waals surface area contributed by atoms with E-state index in [2.05, 4.69) is 16.7 Å². The van der Waals surface area contributed by atoms with Gasteiger partial charge in [-0.25, -0.2) is 9.80 Å². The van der Waals surface area contributed by atoms with E-state index in [-0.39, 0.29) is 17.3 Å². The molecule has 8 nitrogen and oxygen atoms in total. The number of anilines is 1. The van der Waals surface area contributed by atoms with Crippen molar-refractivity contribution in [1.29, 1.82) is 0 Å². The molecule has 25 heavy (non-hydrogen) atoms. The van der Waals surface area contributed by atoms with Crippen molar-refractivity contribution in [3.63, 3.8) is 0 Å². The van der Waals surface area contributed by atoms with E-state index in [9.17, 15) is 9.59 Å². The smallest absolute Gasteiger partial charge is 0.294 e. The minimum atomic E-state index is -0.341. The zero-order chi connectivity index (χ0) is 18.5. The van der Waals surface area contributed by atoms with Gasteiger partial charge in [0.05, 0.1) is 18.3 Å². The van der Waals surface area contributed by atoms with Gasteiger partial charge < -0.3 is 0 Å². The highest BCUT2D eigenvalue weighted by Gasteiger charge is 2.30. The van der Waals surface area contributed by atoms with Gasteiger partial charge in [-0.3, -0.25) is 18.5 Å². The Balaban J connectivity index is 2.40. The molecule has 0 N–H and O–H groups in total. The Kier molecular flexibility index (Phi) is 4.14. The molecule has 1 atom stereocenters. The fourth-order valence-corrected chi connectivity index (χ4v) is 3.17. The molecule has 0 amide bonds. The fraction of sp³-hybridized carbons (Fsp3) is 0.529. The molecule has 0 bridgehead atoms. The molecular weight excluding hydrogens is 320 g/mol. The van der Waals surface area contributed by atoms with Crippen molar-refractivity contribution in [1.82, 2.24) is 18.7 Å². The van der Waals surface area contributed by atoms with Crippen LogP contribution in [-0.2, 0) is 13.6 Å². The van der Waals surface area contributed by atoms with Crippen LogP contribution in [0.25, 0.3) is 11.2 Å². The maximum atomic E-state index is 13.0. The van der Waals surface area contributed by atoms with Gasteiger partial charge in [0, 0.05) is 13.6 Å². The van der Waals surface area contributed by atoms with E-state index in [0.717, 1.165) is 11.3 Å². The van der Waals surface area contributed by atoms with Crippen molar-refractivity contribution < 1.29 is 0 Å². The summed E-state index contributed by atoms with van der Waals surface area (Å²) in [6.45, 7) is 12.6. The Morgan fingerprint density at radius 2 is 2.00 bits per heavy atom. The summed E-state index contributed by atoms with van der Waals surface area (Å²) < 4.78 is 4.61. The maximum Gasteiger partial charge on any atom is 0.332 e. The molecular formula is C17H24N6O2. The number of imidazole rings is 1. The second kappa shape index (κ2) is 6.02. The lowest BCUT2D eigenvalue weighted by Crippen LogP contribution is -2.40. The van der Waals surface area contributed by atoms with Crippen molar-refractivity contribution in [3.05, 3.63) is 33.0 Å². The van der Waals surface area contributed by atoms with Crippen molar-refractivity contribution in [3.8, 4) is 0 Å². The molecule has 1 aliphatic rings. The van der Waals surface area contributed by atoms with Gasteiger partial charge in [-0.05, 0) is 27.2 Å². The van der Waals surface area contributed by atoms with Gasteiger partial charge in [0.15, 0.2) is 11.2 Å². The van der Waals surface area contributed by atoms with Gasteiger partial charge in [-0.15, -0.1) is 0 Å². The lowest BCUT2D eigenvalue weighted by molar-refractivity contribution is 0.586. The van der Waals surface area contributed by atoms with Gasteiger partial charge in [-0.2, -0.15) is 10.1 Å². The summed E-state index contributed by atoms with van der Waals surface area (Å²) in [7, 11) is 1.65. The molecule has 2 aromatic rings. The molecule has 0 aromatic carbocycles. The lowest BCUT2D eigenvalue weighted by atomic mass is 10.2. The summed E-state index contributed by atoms with van der Waals surface area (Å²) in [4.78, 5) is 30.1. The third-order valence-corrected chi connectivity index (χ3v) is 4.53. The van der Waals surface area contributed by atoms with Crippen molar-refractivity contribution in [2.45, 2.75) is 46.7 Å². The third-order valence-electron chi connectivity index (χ3n) is 4.53. The van der Waals surface area contributed by atoms with Gasteiger partial charge in [0.2, 0.25) is 5.95 Å². The Morgan fingerprint density at radius 1 is 1.32 bits per heavy atom. The van der Waals surface area contributed by atoms with Crippen molar-refractivity contribution in [2.24, 2.45) is 12.1 Å². The number of hydrogen-bond acceptors (Lipinski definition) is 5. The molecule has 0 saturated heterocycles. The lowest BCUT2D eigenvalue weighted by Gasteiger charge is -2.29. The molecule has 134 valence electrons. The quantitative estimate of drug-likeness (QED) is 0.790. The second-order valence-electron chi connectivity index (χ2n) is 6.68. The van der Waals surface area contributed by atoms with Gasteiger partial charge >= 0.3 is 5.69 Å². The van der Waals surface area contributed by atoms with Crippen LogP contribution in [0.5, 0.6) is 0 Å². The average Bonchev–Trinajstić information content (AvgIpc) is 2.95. The van der Waals surface area contributed by atoms with E-state index >= 15 is 0 Å². The standard InChI is InChI=1S/C17H24N6O2/c1-7-8-21-15(24)13-14(20(6)17(21)25)18-16-22(9-10(2)3)19-11(4)12(5)23(13)16/h12H,2,7-9H2,1,3-6H3/t12-/m0/s1. The first kappa shape index (κ1) is 17.2. The topological polar surface area (TPSA) is 77.4 Å². The number of aryl methyl sites for hydroxylation is 1. The Labute approximate surface area is 145 Å². The van der Waals surface area contributed by atoms with Crippen LogP contribution in [0.1, 0.15) is 40.2 Å². The highest BCUT2D eigenvalue weighted by Crippen LogP contribution is 2.30. The molecule has 1 aliphatic heterocycles. The number of hydrogen-bond donors (Lipinski definition) is 0. The largest absolute Gasteiger partial charge is 0.332 e. The van der Waals surface area contributed by atoms with Gasteiger partial charge in [0.25, 0.3) is 5.56 Å². The van der Waals surface area contributed by atoms with Crippen molar-refractivity contribution in [2.75, 3.05) is 11.6 Å². The van der Waals surface area contributed by atoms with Crippen LogP contribution in [0.2, 0.25) is 0 Å². The Morgan fingerprint density at radius 3 is 2.60 bits per heavy atom. The van der Waals surface area contributed by atoms with Crippen LogP contribution in [0.4, 0.5) is 5.95 Å². The van der Waals surface area contributed by atoms with Crippen LogP contribution in [0, 0.1) is 0 Å². The molecule has 0 saturated carbocycles. The fourth-order valence-electron chi connectivity index (χ4n) is 3.17. The summed E-state index contributed by atoms with van der Waals surface area (Å²) in [5.74, 6) is 0.567. The maximum absolute atomic E-state index is 13.0. The number of hydrazone groups is 1. The summed E-state index contributed by atoms with van der Waals surface area (Å²) in [6.07, 6.45) is 0.708. The van der Waals surface area contributed by atoms with E-state index in [1.54, 1.807) is 12.1 Å². The number of rotatable bonds is 4. The highest BCUT2D eigenvalue weighted by molar-refractivity contribution is 5.91. The van der Waals surface area contributed by atoms with E-state index in [0.29, 0.717) is 36.6 Å². The summed E-state index contributed by atoms with van der Waals surface area (Å²) in [5, 5.41) is 6.33. The predicted molar refractivity (Wildman–Crippen MR) is 99.5 cm³/mol. The number of aromatic nitrogens is 4. The predicted octanol–water partition coefficient (Wildman–Crippen LogP) is 1.64. The highest BCUT2D eigenvalue weighted by atomic mass is 16.2. The normalized spacial score (nSPS) is 16.9. The number of fused-ring (bicyclic) bond motifs is 3. The van der Waals surface area contributed by atoms with E-state index in [1.807, 2.05) is 32.3 Å². The van der Waals surface area contributed by atoms with Crippen LogP contribution in [0.3, 0.4) is 0 Å². The minimum absolute atomic E-state index is 0.110. The Bertz CT molecular complexity index is 1010. The van der Waals surface area contributed by atoms with E-state index in [4.69, 9.17) is 0 Å². The SMILES string of the molecule is C=C(C)CN1N=C(C)[C@H](C)n2c1nc1c2c(=O)n(CCC)c(=O)n1C. The first-order chi connectivity index (χ1) is 11.8. The molecule has 3 rings (SSSR count). The van der Waals surface area contributed by atoms with E-state index < -0.39 is 0 Å². The van der Waals surface area contributed by atoms with Crippen molar-refractivity contribution >= 4 is 22.8 Å². The molecule has 3 heterocycles. The minimum Gasteiger partial charge on any atom is -0.294 e. The first-order valence-electron chi connectivity index (χ1n) is 8.46. The third kappa shape index (κ3) is 2.52. The van der Waals surface area contributed by atoms with Gasteiger partial charge in [0.1, 0.15) is 0 Å². The van der Waals surface area contributed by atoms with Crippen LogP contribution in [0.15, 0.2) is 26.8 Å². The summed E-state index contributed by atoms with van der Waals surface area (Å²) >= 11 is 0. The molecule has 2 aromatic heterocycles. The molecule has 8 heteroatoms. The zero-order valence-electron chi connectivity index (χ0n) is 15.4. The molecule has 0 radical (unpaired) electrons. The Hall–Kier alpha value is -2.64. The van der Waals surface area contributed by atoms with E-state index in [1.165, 1.54) is 9.13 Å². The molecule has 0 unspecified atom stereocenters. The average molecular weight is 344 g/mol. The van der Waals surface area contributed by atoms with Crippen LogP contribution in [-0.4, -0.2) is 30.9 Å². The molecule has 0 aliphatic carbocycles. The van der Waals surface area contributed by atoms with Gasteiger partial charge in [-0.1, -0.05) is 19.1 Å². The second-order valence-corrected chi connectivity index (χ2v) is 6.68. The summed E-state index contributed by atoms with van der Waals surface area (Å²) in [5.41, 5.74) is 2.01. The zero-order valence-corrected chi connectivity index (χ0v) is 15.4. The molecule has 0 spiro atoms.